The van der Waals surface area contributed by atoms with Gasteiger partial charge in [-0.1, -0.05) is 30.3 Å². The third kappa shape index (κ3) is 3.48. The van der Waals surface area contributed by atoms with Gasteiger partial charge in [-0.25, -0.2) is 4.79 Å². The Hall–Kier alpha value is -2.66. The van der Waals surface area contributed by atoms with Gasteiger partial charge in [-0.05, 0) is 42.2 Å². The molecule has 1 amide bonds. The third-order valence-electron chi connectivity index (χ3n) is 4.93. The Bertz CT molecular complexity index is 812. The van der Waals surface area contributed by atoms with Crippen LogP contribution in [0.2, 0.25) is 0 Å². The molecular formula is C21H21NO4. The molecule has 1 fully saturated rings. The van der Waals surface area contributed by atoms with Crippen molar-refractivity contribution in [3.05, 3.63) is 70.8 Å². The van der Waals surface area contributed by atoms with Gasteiger partial charge < -0.3 is 14.8 Å². The highest BCUT2D eigenvalue weighted by Gasteiger charge is 2.28. The van der Waals surface area contributed by atoms with Crippen molar-refractivity contribution in [2.45, 2.75) is 31.5 Å². The lowest BCUT2D eigenvalue weighted by atomic mass is 9.93. The number of esters is 1. The van der Waals surface area contributed by atoms with E-state index >= 15 is 0 Å². The second-order valence-corrected chi connectivity index (χ2v) is 6.73. The summed E-state index contributed by atoms with van der Waals surface area (Å²) < 4.78 is 11.1. The van der Waals surface area contributed by atoms with Crippen molar-refractivity contribution in [1.82, 2.24) is 5.32 Å². The van der Waals surface area contributed by atoms with E-state index in [-0.39, 0.29) is 24.1 Å². The van der Waals surface area contributed by atoms with Crippen molar-refractivity contribution in [2.24, 2.45) is 0 Å². The second kappa shape index (κ2) is 7.30. The molecule has 2 heterocycles. The van der Waals surface area contributed by atoms with Crippen LogP contribution in [0, 0.1) is 0 Å². The van der Waals surface area contributed by atoms with Gasteiger partial charge in [0, 0.05) is 25.1 Å². The molecule has 26 heavy (non-hydrogen) atoms. The van der Waals surface area contributed by atoms with Gasteiger partial charge in [0.05, 0.1) is 11.7 Å². The number of hydrogen-bond acceptors (Lipinski definition) is 4. The van der Waals surface area contributed by atoms with Crippen LogP contribution in [0.1, 0.15) is 50.8 Å². The lowest BCUT2D eigenvalue weighted by Crippen LogP contribution is -2.32. The van der Waals surface area contributed by atoms with Crippen LogP contribution < -0.4 is 5.32 Å². The summed E-state index contributed by atoms with van der Waals surface area (Å²) in [5, 5.41) is 2.92. The zero-order chi connectivity index (χ0) is 17.9. The fourth-order valence-electron chi connectivity index (χ4n) is 3.50. The Morgan fingerprint density at radius 1 is 1.15 bits per heavy atom. The van der Waals surface area contributed by atoms with Crippen LogP contribution in [-0.2, 0) is 15.9 Å². The van der Waals surface area contributed by atoms with Gasteiger partial charge in [0.25, 0.3) is 5.91 Å². The first-order valence-corrected chi connectivity index (χ1v) is 8.99. The van der Waals surface area contributed by atoms with E-state index in [9.17, 15) is 9.59 Å². The molecule has 1 saturated heterocycles. The topological polar surface area (TPSA) is 64.6 Å². The van der Waals surface area contributed by atoms with E-state index in [0.29, 0.717) is 24.1 Å². The first-order valence-electron chi connectivity index (χ1n) is 8.99. The normalized spacial score (nSPS) is 21.8. The Labute approximate surface area is 152 Å². The molecule has 0 aliphatic carbocycles. The number of carbonyl (C=O) groups is 2. The molecule has 0 spiro atoms. The quantitative estimate of drug-likeness (QED) is 0.860. The van der Waals surface area contributed by atoms with Crippen molar-refractivity contribution in [1.29, 1.82) is 0 Å². The summed E-state index contributed by atoms with van der Waals surface area (Å²) in [5.74, 6) is -0.482. The van der Waals surface area contributed by atoms with Crippen molar-refractivity contribution < 1.29 is 19.1 Å². The average Bonchev–Trinajstić information content (AvgIpc) is 3.20. The molecule has 2 aromatic rings. The van der Waals surface area contributed by atoms with Crippen LogP contribution in [-0.4, -0.2) is 31.1 Å². The third-order valence-corrected chi connectivity index (χ3v) is 4.93. The number of cyclic esters (lactones) is 1. The number of amides is 1. The van der Waals surface area contributed by atoms with E-state index in [0.717, 1.165) is 30.6 Å². The maximum Gasteiger partial charge on any atom is 0.339 e. The minimum atomic E-state index is -0.341. The number of fused-ring (bicyclic) bond motifs is 1. The Morgan fingerprint density at radius 2 is 2.00 bits per heavy atom. The molecule has 4 rings (SSSR count). The molecule has 2 aliphatic heterocycles. The number of carbonyl (C=O) groups excluding carboxylic acids is 2. The van der Waals surface area contributed by atoms with Crippen molar-refractivity contribution in [2.75, 3.05) is 13.2 Å². The minimum absolute atomic E-state index is 0.106. The maximum atomic E-state index is 12.4. The molecule has 2 aliphatic rings. The highest BCUT2D eigenvalue weighted by atomic mass is 16.5. The Morgan fingerprint density at radius 3 is 2.77 bits per heavy atom. The molecule has 5 nitrogen and oxygen atoms in total. The molecule has 0 radical (unpaired) electrons. The number of ether oxygens (including phenoxy) is 2. The predicted octanol–water partition coefficient (Wildman–Crippen LogP) is 3.05. The van der Waals surface area contributed by atoms with Crippen molar-refractivity contribution >= 4 is 11.9 Å². The second-order valence-electron chi connectivity index (χ2n) is 6.73. The molecule has 2 aromatic carbocycles. The van der Waals surface area contributed by atoms with Crippen molar-refractivity contribution in [3.8, 4) is 0 Å². The molecular weight excluding hydrogens is 330 g/mol. The van der Waals surface area contributed by atoms with E-state index in [1.807, 2.05) is 30.3 Å². The highest BCUT2D eigenvalue weighted by Crippen LogP contribution is 2.31. The van der Waals surface area contributed by atoms with E-state index in [2.05, 4.69) is 5.32 Å². The molecule has 0 bridgehead atoms. The lowest BCUT2D eigenvalue weighted by molar-refractivity contribution is 0.0252. The molecule has 0 saturated carbocycles. The van der Waals surface area contributed by atoms with Crippen LogP contribution in [0.4, 0.5) is 0 Å². The summed E-state index contributed by atoms with van der Waals surface area (Å²) in [5.41, 5.74) is 2.90. The smallest absolute Gasteiger partial charge is 0.339 e. The van der Waals surface area contributed by atoms with Crippen LogP contribution in [0.5, 0.6) is 0 Å². The highest BCUT2D eigenvalue weighted by molar-refractivity contribution is 5.97. The van der Waals surface area contributed by atoms with Gasteiger partial charge >= 0.3 is 5.97 Å². The molecule has 134 valence electrons. The minimum Gasteiger partial charge on any atom is -0.454 e. The fraction of sp³-hybridized carbons (Fsp3) is 0.333. The Balaban J connectivity index is 1.50. The number of hydrogen-bond donors (Lipinski definition) is 1. The molecule has 0 aromatic heterocycles. The monoisotopic (exact) mass is 351 g/mol. The molecule has 0 unspecified atom stereocenters. The van der Waals surface area contributed by atoms with E-state index in [1.165, 1.54) is 0 Å². The van der Waals surface area contributed by atoms with Gasteiger partial charge in [0.15, 0.2) is 0 Å². The summed E-state index contributed by atoms with van der Waals surface area (Å²) in [6.07, 6.45) is 2.38. The lowest BCUT2D eigenvalue weighted by Gasteiger charge is -2.25. The zero-order valence-corrected chi connectivity index (χ0v) is 14.4. The summed E-state index contributed by atoms with van der Waals surface area (Å²) in [6, 6.07) is 14.8. The molecule has 1 N–H and O–H groups in total. The number of benzene rings is 2. The summed E-state index contributed by atoms with van der Waals surface area (Å²) in [7, 11) is 0. The SMILES string of the molecule is O=C(NC[C@H]1CCCO1)c1ccc2c(c1)C[C@H](c1ccccc1)OC2=O. The van der Waals surface area contributed by atoms with Crippen LogP contribution in [0.3, 0.4) is 0 Å². The van der Waals surface area contributed by atoms with Gasteiger partial charge in [-0.15, -0.1) is 0 Å². The predicted molar refractivity (Wildman–Crippen MR) is 96.1 cm³/mol. The van der Waals surface area contributed by atoms with E-state index in [1.54, 1.807) is 18.2 Å². The van der Waals surface area contributed by atoms with Gasteiger partial charge in [0.1, 0.15) is 6.10 Å². The Kier molecular flexibility index (Phi) is 4.71. The molecule has 2 atom stereocenters. The average molecular weight is 351 g/mol. The first-order chi connectivity index (χ1) is 12.7. The zero-order valence-electron chi connectivity index (χ0n) is 14.4. The molecule has 5 heteroatoms. The summed E-state index contributed by atoms with van der Waals surface area (Å²) in [6.45, 7) is 1.28. The van der Waals surface area contributed by atoms with E-state index in [4.69, 9.17) is 9.47 Å². The van der Waals surface area contributed by atoms with Gasteiger partial charge in [-0.3, -0.25) is 4.79 Å². The van der Waals surface area contributed by atoms with E-state index < -0.39 is 0 Å². The van der Waals surface area contributed by atoms with Gasteiger partial charge in [-0.2, -0.15) is 0 Å². The summed E-state index contributed by atoms with van der Waals surface area (Å²) in [4.78, 5) is 24.7. The van der Waals surface area contributed by atoms with Crippen molar-refractivity contribution in [3.63, 3.8) is 0 Å². The van der Waals surface area contributed by atoms with Crippen LogP contribution >= 0.6 is 0 Å². The fourth-order valence-corrected chi connectivity index (χ4v) is 3.50. The maximum absolute atomic E-state index is 12.4. The van der Waals surface area contributed by atoms with Gasteiger partial charge in [0.2, 0.25) is 0 Å². The van der Waals surface area contributed by atoms with Crippen LogP contribution in [0.15, 0.2) is 48.5 Å². The number of nitrogens with one attached hydrogen (secondary N) is 1. The largest absolute Gasteiger partial charge is 0.454 e. The van der Waals surface area contributed by atoms with Crippen LogP contribution in [0.25, 0.3) is 0 Å². The standard InChI is InChI=1S/C21H21NO4/c23-20(22-13-17-7-4-10-25-17)15-8-9-18-16(11-15)12-19(26-21(18)24)14-5-2-1-3-6-14/h1-3,5-6,8-9,11,17,19H,4,7,10,12-13H2,(H,22,23)/t17-,19-/m1/s1. The number of rotatable bonds is 4. The first kappa shape index (κ1) is 16.8. The summed E-state index contributed by atoms with van der Waals surface area (Å²) >= 11 is 0.